The van der Waals surface area contributed by atoms with Gasteiger partial charge in [-0.05, 0) is 26.6 Å². The molecule has 1 unspecified atom stereocenters. The van der Waals surface area contributed by atoms with Gasteiger partial charge in [-0.25, -0.2) is 4.72 Å². The lowest BCUT2D eigenvalue weighted by Crippen LogP contribution is -2.40. The van der Waals surface area contributed by atoms with E-state index >= 15 is 0 Å². The van der Waals surface area contributed by atoms with Crippen LogP contribution in [0.25, 0.3) is 0 Å². The molecule has 0 radical (unpaired) electrons. The summed E-state index contributed by atoms with van der Waals surface area (Å²) in [5.41, 5.74) is 0.0872. The van der Waals surface area contributed by atoms with Gasteiger partial charge in [0.1, 0.15) is 0 Å². The highest BCUT2D eigenvalue weighted by Gasteiger charge is 2.28. The predicted molar refractivity (Wildman–Crippen MR) is 49.7 cm³/mol. The third kappa shape index (κ3) is 2.18. The summed E-state index contributed by atoms with van der Waals surface area (Å²) in [7, 11) is -2.00. The van der Waals surface area contributed by atoms with Gasteiger partial charge in [-0.1, -0.05) is 0 Å². The molecule has 1 aliphatic heterocycles. The lowest BCUT2D eigenvalue weighted by atomic mass is 10.1. The standard InChI is InChI=1S/C7H16N2OS/c1-7(2,3)9-5-8-11(4,10)6-9/h4-6H2,1-3H3,(H,8,10). The van der Waals surface area contributed by atoms with Crippen LogP contribution in [0.5, 0.6) is 0 Å². The van der Waals surface area contributed by atoms with Crippen LogP contribution in [0.2, 0.25) is 0 Å². The molecule has 1 atom stereocenters. The number of hydrogen-bond donors (Lipinski definition) is 1. The smallest absolute Gasteiger partial charge is 0.0817 e. The topological polar surface area (TPSA) is 32.3 Å². The van der Waals surface area contributed by atoms with Gasteiger partial charge in [-0.2, -0.15) is 0 Å². The minimum absolute atomic E-state index is 0.0872. The van der Waals surface area contributed by atoms with Crippen LogP contribution in [-0.4, -0.2) is 33.1 Å². The molecule has 0 bridgehead atoms. The van der Waals surface area contributed by atoms with Gasteiger partial charge in [0, 0.05) is 15.2 Å². The van der Waals surface area contributed by atoms with E-state index < -0.39 is 9.71 Å². The molecule has 4 heteroatoms. The van der Waals surface area contributed by atoms with Crippen LogP contribution in [0.3, 0.4) is 0 Å². The molecule has 0 aromatic rings. The van der Waals surface area contributed by atoms with E-state index in [1.54, 1.807) is 0 Å². The van der Waals surface area contributed by atoms with Crippen molar-refractivity contribution in [2.45, 2.75) is 26.3 Å². The molecule has 1 aliphatic rings. The van der Waals surface area contributed by atoms with Crippen LogP contribution in [0.1, 0.15) is 20.8 Å². The normalized spacial score (nSPS) is 34.5. The van der Waals surface area contributed by atoms with Gasteiger partial charge < -0.3 is 0 Å². The first kappa shape index (κ1) is 9.03. The minimum atomic E-state index is -2.00. The second kappa shape index (κ2) is 2.47. The van der Waals surface area contributed by atoms with E-state index in [4.69, 9.17) is 0 Å². The second-order valence-corrected chi connectivity index (χ2v) is 6.12. The van der Waals surface area contributed by atoms with Crippen molar-refractivity contribution in [3.63, 3.8) is 0 Å². The highest BCUT2D eigenvalue weighted by atomic mass is 32.2. The molecule has 1 rings (SSSR count). The van der Waals surface area contributed by atoms with Gasteiger partial charge in [-0.3, -0.25) is 9.11 Å². The van der Waals surface area contributed by atoms with Crippen molar-refractivity contribution in [1.29, 1.82) is 0 Å². The van der Waals surface area contributed by atoms with Crippen LogP contribution in [0.15, 0.2) is 0 Å². The van der Waals surface area contributed by atoms with Crippen LogP contribution in [0, 0.1) is 0 Å². The Morgan fingerprint density at radius 1 is 1.55 bits per heavy atom. The fraction of sp³-hybridized carbons (Fsp3) is 0.857. The Morgan fingerprint density at radius 2 is 2.09 bits per heavy atom. The van der Waals surface area contributed by atoms with E-state index in [1.165, 1.54) is 0 Å². The highest BCUT2D eigenvalue weighted by Crippen LogP contribution is 2.16. The Hall–Kier alpha value is -0.0600. The summed E-state index contributed by atoms with van der Waals surface area (Å²) in [6, 6.07) is 0. The van der Waals surface area contributed by atoms with Crippen LogP contribution >= 0.6 is 0 Å². The van der Waals surface area contributed by atoms with Crippen molar-refractivity contribution in [3.8, 4) is 0 Å². The monoisotopic (exact) mass is 176 g/mol. The van der Waals surface area contributed by atoms with Gasteiger partial charge in [0.15, 0.2) is 0 Å². The molecule has 0 saturated carbocycles. The lowest BCUT2D eigenvalue weighted by molar-refractivity contribution is 0.177. The first-order valence-corrected chi connectivity index (χ1v) is 5.55. The van der Waals surface area contributed by atoms with E-state index in [0.717, 1.165) is 0 Å². The molecule has 0 amide bonds. The number of rotatable bonds is 0. The van der Waals surface area contributed by atoms with Crippen LogP contribution in [-0.2, 0) is 9.71 Å². The van der Waals surface area contributed by atoms with Gasteiger partial charge >= 0.3 is 0 Å². The van der Waals surface area contributed by atoms with Crippen molar-refractivity contribution < 1.29 is 4.21 Å². The molecule has 1 heterocycles. The van der Waals surface area contributed by atoms with E-state index in [0.29, 0.717) is 12.5 Å². The molecular formula is C7H16N2OS. The third-order valence-corrected chi connectivity index (χ3v) is 3.22. The molecule has 0 spiro atoms. The molecule has 11 heavy (non-hydrogen) atoms. The van der Waals surface area contributed by atoms with Gasteiger partial charge in [0.2, 0.25) is 0 Å². The average Bonchev–Trinajstić information content (AvgIpc) is 2.07. The number of hydrogen-bond acceptors (Lipinski definition) is 2. The van der Waals surface area contributed by atoms with Gasteiger partial charge in [0.25, 0.3) is 0 Å². The Morgan fingerprint density at radius 3 is 2.27 bits per heavy atom. The summed E-state index contributed by atoms with van der Waals surface area (Å²) in [5.74, 6) is 4.17. The summed E-state index contributed by atoms with van der Waals surface area (Å²) < 4.78 is 14.3. The Balaban J connectivity index is 2.70. The van der Waals surface area contributed by atoms with Crippen molar-refractivity contribution in [2.24, 2.45) is 0 Å². The van der Waals surface area contributed by atoms with E-state index in [1.807, 2.05) is 0 Å². The first-order valence-electron chi connectivity index (χ1n) is 3.66. The summed E-state index contributed by atoms with van der Waals surface area (Å²) >= 11 is 0. The average molecular weight is 176 g/mol. The lowest BCUT2D eigenvalue weighted by Gasteiger charge is -2.29. The molecule has 3 nitrogen and oxygen atoms in total. The Kier molecular flexibility index (Phi) is 2.03. The van der Waals surface area contributed by atoms with E-state index in [9.17, 15) is 4.21 Å². The molecule has 66 valence electrons. The zero-order valence-electron chi connectivity index (χ0n) is 7.39. The first-order chi connectivity index (χ1) is 4.81. The summed E-state index contributed by atoms with van der Waals surface area (Å²) in [6.07, 6.45) is 0. The number of nitrogens with one attached hydrogen (secondary N) is 1. The van der Waals surface area contributed by atoms with Crippen molar-refractivity contribution in [2.75, 3.05) is 12.5 Å². The van der Waals surface area contributed by atoms with Gasteiger partial charge in [0.05, 0.1) is 12.5 Å². The zero-order valence-corrected chi connectivity index (χ0v) is 8.20. The maximum absolute atomic E-state index is 11.4. The molecule has 1 fully saturated rings. The molecule has 0 aromatic heterocycles. The quantitative estimate of drug-likeness (QED) is 0.536. The predicted octanol–water partition coefficient (Wildman–Crippen LogP) is 0.236. The minimum Gasteiger partial charge on any atom is -0.273 e. The highest BCUT2D eigenvalue weighted by molar-refractivity contribution is 7.98. The second-order valence-electron chi connectivity index (χ2n) is 3.95. The largest absolute Gasteiger partial charge is 0.273 e. The van der Waals surface area contributed by atoms with Crippen molar-refractivity contribution >= 4 is 15.6 Å². The van der Waals surface area contributed by atoms with Crippen LogP contribution < -0.4 is 4.72 Å². The molecular weight excluding hydrogens is 160 g/mol. The van der Waals surface area contributed by atoms with E-state index in [-0.39, 0.29) is 5.54 Å². The fourth-order valence-electron chi connectivity index (χ4n) is 0.969. The van der Waals surface area contributed by atoms with E-state index in [2.05, 4.69) is 36.3 Å². The summed E-state index contributed by atoms with van der Waals surface area (Å²) in [4.78, 5) is 2.13. The molecule has 0 aliphatic carbocycles. The molecule has 1 saturated heterocycles. The molecule has 0 aromatic carbocycles. The summed E-state index contributed by atoms with van der Waals surface area (Å²) in [5, 5.41) is 0. The van der Waals surface area contributed by atoms with Crippen LogP contribution in [0.4, 0.5) is 0 Å². The zero-order chi connectivity index (χ0) is 8.70. The maximum Gasteiger partial charge on any atom is 0.0817 e. The third-order valence-electron chi connectivity index (χ3n) is 1.83. The Labute approximate surface area is 68.9 Å². The van der Waals surface area contributed by atoms with Gasteiger partial charge in [-0.15, -0.1) is 0 Å². The maximum atomic E-state index is 11.4. The number of nitrogens with zero attached hydrogens (tertiary/aromatic N) is 1. The molecule has 1 N–H and O–H groups in total. The Bertz CT molecular complexity index is 238. The fourth-order valence-corrected chi connectivity index (χ4v) is 2.43. The summed E-state index contributed by atoms with van der Waals surface area (Å²) in [6.45, 7) is 7.01. The van der Waals surface area contributed by atoms with Crippen molar-refractivity contribution in [1.82, 2.24) is 9.62 Å². The SMILES string of the molecule is C=S1(=O)CN(C(C)(C)C)CN1. The van der Waals surface area contributed by atoms with Crippen molar-refractivity contribution in [3.05, 3.63) is 0 Å².